The van der Waals surface area contributed by atoms with Crippen LogP contribution in [0.25, 0.3) is 10.8 Å². The Bertz CT molecular complexity index is 889. The van der Waals surface area contributed by atoms with Crippen LogP contribution in [-0.2, 0) is 14.8 Å². The standard InChI is InChI=1S/C18H21NO3S/c1-12(11-18(2,3)4)17(20)19-14-9-5-7-13-8-6-10-15(16(13)14)23(19,21)22/h5-10,12H,11H2,1-4H3. The van der Waals surface area contributed by atoms with Crippen LogP contribution < -0.4 is 4.31 Å². The second-order valence-corrected chi connectivity index (χ2v) is 9.16. The van der Waals surface area contributed by atoms with Crippen LogP contribution in [0.5, 0.6) is 0 Å². The summed E-state index contributed by atoms with van der Waals surface area (Å²) in [7, 11) is -3.81. The molecule has 1 aliphatic rings. The molecule has 0 fully saturated rings. The minimum Gasteiger partial charge on any atom is -0.273 e. The average molecular weight is 331 g/mol. The Hall–Kier alpha value is -1.88. The molecule has 23 heavy (non-hydrogen) atoms. The molecule has 2 aromatic rings. The summed E-state index contributed by atoms with van der Waals surface area (Å²) in [5.41, 5.74) is 0.432. The highest BCUT2D eigenvalue weighted by Gasteiger charge is 2.41. The van der Waals surface area contributed by atoms with E-state index in [9.17, 15) is 13.2 Å². The lowest BCUT2D eigenvalue weighted by atomic mass is 9.85. The lowest BCUT2D eigenvalue weighted by Crippen LogP contribution is -2.38. The molecule has 0 spiro atoms. The third-order valence-electron chi connectivity index (χ3n) is 4.12. The molecule has 0 aromatic heterocycles. The van der Waals surface area contributed by atoms with Crippen molar-refractivity contribution in [3.63, 3.8) is 0 Å². The van der Waals surface area contributed by atoms with E-state index in [-0.39, 0.29) is 22.1 Å². The number of carbonyl (C=O) groups is 1. The van der Waals surface area contributed by atoms with Crippen molar-refractivity contribution in [2.24, 2.45) is 11.3 Å². The molecule has 1 atom stereocenters. The average Bonchev–Trinajstić information content (AvgIpc) is 2.67. The minimum atomic E-state index is -3.81. The maximum Gasteiger partial charge on any atom is 0.271 e. The van der Waals surface area contributed by atoms with E-state index in [0.717, 1.165) is 9.69 Å². The van der Waals surface area contributed by atoms with Gasteiger partial charge < -0.3 is 0 Å². The van der Waals surface area contributed by atoms with E-state index < -0.39 is 10.0 Å². The number of carbonyl (C=O) groups excluding carboxylic acids is 1. The van der Waals surface area contributed by atoms with Gasteiger partial charge in [-0.2, -0.15) is 0 Å². The van der Waals surface area contributed by atoms with E-state index in [1.807, 2.05) is 32.9 Å². The molecule has 1 unspecified atom stereocenters. The summed E-state index contributed by atoms with van der Waals surface area (Å²) < 4.78 is 26.8. The molecule has 0 saturated heterocycles. The predicted molar refractivity (Wildman–Crippen MR) is 91.9 cm³/mol. The number of hydrogen-bond donors (Lipinski definition) is 0. The van der Waals surface area contributed by atoms with Crippen LogP contribution >= 0.6 is 0 Å². The van der Waals surface area contributed by atoms with Crippen LogP contribution in [0, 0.1) is 11.3 Å². The molecule has 0 aliphatic carbocycles. The van der Waals surface area contributed by atoms with Gasteiger partial charge in [-0.05, 0) is 29.4 Å². The predicted octanol–water partition coefficient (Wildman–Crippen LogP) is 3.95. The number of hydrogen-bond acceptors (Lipinski definition) is 3. The Labute approximate surface area is 137 Å². The van der Waals surface area contributed by atoms with Crippen molar-refractivity contribution in [3.8, 4) is 0 Å². The summed E-state index contributed by atoms with van der Waals surface area (Å²) in [5, 5.41) is 1.48. The highest BCUT2D eigenvalue weighted by molar-refractivity contribution is 7.94. The van der Waals surface area contributed by atoms with E-state index in [0.29, 0.717) is 17.5 Å². The van der Waals surface area contributed by atoms with Gasteiger partial charge in [0.05, 0.1) is 10.6 Å². The Balaban J connectivity index is 2.12. The fraction of sp³-hybridized carbons (Fsp3) is 0.389. The monoisotopic (exact) mass is 331 g/mol. The highest BCUT2D eigenvalue weighted by Crippen LogP contribution is 2.43. The molecule has 1 aliphatic heterocycles. The van der Waals surface area contributed by atoms with Crippen molar-refractivity contribution in [1.29, 1.82) is 0 Å². The molecule has 2 aromatic carbocycles. The smallest absolute Gasteiger partial charge is 0.271 e. The number of rotatable bonds is 2. The molecule has 0 bridgehead atoms. The first-order chi connectivity index (χ1) is 10.6. The second kappa shape index (κ2) is 5.06. The van der Waals surface area contributed by atoms with Gasteiger partial charge in [0.15, 0.2) is 0 Å². The van der Waals surface area contributed by atoms with Crippen molar-refractivity contribution < 1.29 is 13.2 Å². The molecular formula is C18H21NO3S. The molecule has 0 N–H and O–H groups in total. The van der Waals surface area contributed by atoms with Crippen LogP contribution in [0.2, 0.25) is 0 Å². The largest absolute Gasteiger partial charge is 0.273 e. The lowest BCUT2D eigenvalue weighted by Gasteiger charge is -2.26. The molecule has 3 rings (SSSR count). The van der Waals surface area contributed by atoms with E-state index in [4.69, 9.17) is 0 Å². The zero-order valence-electron chi connectivity index (χ0n) is 13.8. The number of benzene rings is 2. The summed E-state index contributed by atoms with van der Waals surface area (Å²) in [6.45, 7) is 7.94. The maximum absolute atomic E-state index is 12.9. The lowest BCUT2D eigenvalue weighted by molar-refractivity contribution is -0.121. The topological polar surface area (TPSA) is 54.5 Å². The fourth-order valence-corrected chi connectivity index (χ4v) is 5.10. The van der Waals surface area contributed by atoms with Crippen LogP contribution in [0.4, 0.5) is 5.69 Å². The normalized spacial score (nSPS) is 17.5. The maximum atomic E-state index is 12.9. The van der Waals surface area contributed by atoms with Crippen molar-refractivity contribution >= 4 is 32.4 Å². The van der Waals surface area contributed by atoms with Gasteiger partial charge in [-0.3, -0.25) is 4.79 Å². The Morgan fingerprint density at radius 1 is 1.13 bits per heavy atom. The zero-order valence-corrected chi connectivity index (χ0v) is 14.6. The summed E-state index contributed by atoms with van der Waals surface area (Å²) in [5.74, 6) is -0.724. The summed E-state index contributed by atoms with van der Waals surface area (Å²) in [6, 6.07) is 10.5. The molecule has 1 amide bonds. The first-order valence-corrected chi connectivity index (χ1v) is 9.18. The van der Waals surface area contributed by atoms with Gasteiger partial charge in [-0.25, -0.2) is 12.7 Å². The third-order valence-corrected chi connectivity index (χ3v) is 5.88. The van der Waals surface area contributed by atoms with E-state index >= 15 is 0 Å². The Morgan fingerprint density at radius 2 is 1.74 bits per heavy atom. The molecule has 0 saturated carbocycles. The van der Waals surface area contributed by atoms with E-state index in [2.05, 4.69) is 0 Å². The van der Waals surface area contributed by atoms with E-state index in [1.165, 1.54) is 0 Å². The van der Waals surface area contributed by atoms with Gasteiger partial charge in [0, 0.05) is 11.3 Å². The van der Waals surface area contributed by atoms with Gasteiger partial charge in [-0.1, -0.05) is 52.0 Å². The summed E-state index contributed by atoms with van der Waals surface area (Å²) in [6.07, 6.45) is 0.629. The van der Waals surface area contributed by atoms with Gasteiger partial charge in [-0.15, -0.1) is 0 Å². The van der Waals surface area contributed by atoms with Crippen molar-refractivity contribution in [3.05, 3.63) is 36.4 Å². The highest BCUT2D eigenvalue weighted by atomic mass is 32.2. The van der Waals surface area contributed by atoms with Gasteiger partial charge in [0.1, 0.15) is 0 Å². The number of sulfonamides is 1. The van der Waals surface area contributed by atoms with Gasteiger partial charge >= 0.3 is 0 Å². The fourth-order valence-electron chi connectivity index (χ4n) is 3.34. The zero-order chi connectivity index (χ0) is 17.0. The van der Waals surface area contributed by atoms with Gasteiger partial charge in [0.2, 0.25) is 5.91 Å². The molecule has 0 radical (unpaired) electrons. The SMILES string of the molecule is CC(CC(C)(C)C)C(=O)N1c2cccc3cccc(c23)S1(=O)=O. The van der Waals surface area contributed by atoms with Crippen molar-refractivity contribution in [1.82, 2.24) is 0 Å². The third kappa shape index (κ3) is 2.53. The van der Waals surface area contributed by atoms with E-state index in [1.54, 1.807) is 31.2 Å². The second-order valence-electron chi connectivity index (χ2n) is 7.40. The molecular weight excluding hydrogens is 310 g/mol. The van der Waals surface area contributed by atoms with Crippen LogP contribution in [0.3, 0.4) is 0 Å². The summed E-state index contributed by atoms with van der Waals surface area (Å²) in [4.78, 5) is 13.1. The quantitative estimate of drug-likeness (QED) is 0.837. The van der Waals surface area contributed by atoms with Gasteiger partial charge in [0.25, 0.3) is 10.0 Å². The molecule has 4 nitrogen and oxygen atoms in total. The van der Waals surface area contributed by atoms with Crippen LogP contribution in [0.1, 0.15) is 34.1 Å². The summed E-state index contributed by atoms with van der Waals surface area (Å²) >= 11 is 0. The molecule has 5 heteroatoms. The van der Waals surface area contributed by atoms with Crippen LogP contribution in [-0.4, -0.2) is 14.3 Å². The molecule has 122 valence electrons. The Morgan fingerprint density at radius 3 is 2.35 bits per heavy atom. The Kier molecular flexibility index (Phi) is 3.52. The van der Waals surface area contributed by atoms with Crippen molar-refractivity contribution in [2.45, 2.75) is 39.0 Å². The van der Waals surface area contributed by atoms with Crippen molar-refractivity contribution in [2.75, 3.05) is 4.31 Å². The molecule has 1 heterocycles. The number of anilines is 1. The minimum absolute atomic E-state index is 0.0442. The first kappa shape index (κ1) is 16.0. The number of amides is 1. The van der Waals surface area contributed by atoms with Crippen LogP contribution in [0.15, 0.2) is 41.3 Å². The number of nitrogens with zero attached hydrogens (tertiary/aromatic N) is 1. The first-order valence-electron chi connectivity index (χ1n) is 7.74.